The van der Waals surface area contributed by atoms with E-state index in [0.717, 1.165) is 18.4 Å². The van der Waals surface area contributed by atoms with Crippen LogP contribution in [0.3, 0.4) is 0 Å². The van der Waals surface area contributed by atoms with E-state index in [9.17, 15) is 0 Å². The average molecular weight is 268 g/mol. The fourth-order valence-electron chi connectivity index (χ4n) is 3.43. The number of likely N-dealkylation sites (tertiary alicyclic amines) is 1. The molecule has 2 N–H and O–H groups in total. The normalized spacial score (nSPS) is 23.5. The lowest BCUT2D eigenvalue weighted by Gasteiger charge is -2.30. The molecule has 0 amide bonds. The largest absolute Gasteiger partial charge is 0.329 e. The maximum absolute atomic E-state index is 6.02. The Kier molecular flexibility index (Phi) is 8.72. The molecule has 0 aromatic heterocycles. The van der Waals surface area contributed by atoms with Crippen molar-refractivity contribution in [2.24, 2.45) is 17.6 Å². The van der Waals surface area contributed by atoms with Crippen molar-refractivity contribution >= 4 is 0 Å². The molecule has 2 unspecified atom stereocenters. The van der Waals surface area contributed by atoms with Gasteiger partial charge in [-0.15, -0.1) is 0 Å². The molecule has 1 fully saturated rings. The predicted molar refractivity (Wildman–Crippen MR) is 85.4 cm³/mol. The lowest BCUT2D eigenvalue weighted by Crippen LogP contribution is -2.41. The second kappa shape index (κ2) is 9.77. The Labute approximate surface area is 121 Å². The molecule has 0 aliphatic carbocycles. The summed E-state index contributed by atoms with van der Waals surface area (Å²) in [5.41, 5.74) is 6.02. The summed E-state index contributed by atoms with van der Waals surface area (Å²) >= 11 is 0. The SMILES string of the molecule is CCCCCCC(CN)N1CCCC(C(C)C)CC1. The molecule has 0 aromatic rings. The van der Waals surface area contributed by atoms with Gasteiger partial charge in [-0.05, 0) is 50.6 Å². The molecule has 0 aromatic carbocycles. The summed E-state index contributed by atoms with van der Waals surface area (Å²) in [6.07, 6.45) is 10.9. The minimum absolute atomic E-state index is 0.641. The highest BCUT2D eigenvalue weighted by Crippen LogP contribution is 2.26. The van der Waals surface area contributed by atoms with Crippen molar-refractivity contribution in [2.45, 2.75) is 78.2 Å². The van der Waals surface area contributed by atoms with Crippen molar-refractivity contribution in [1.29, 1.82) is 0 Å². The zero-order valence-corrected chi connectivity index (χ0v) is 13.5. The minimum Gasteiger partial charge on any atom is -0.329 e. The van der Waals surface area contributed by atoms with E-state index < -0.39 is 0 Å². The molecule has 2 heteroatoms. The molecular weight excluding hydrogens is 232 g/mol. The number of unbranched alkanes of at least 4 members (excludes halogenated alkanes) is 3. The van der Waals surface area contributed by atoms with Crippen LogP contribution >= 0.6 is 0 Å². The Balaban J connectivity index is 2.34. The molecule has 1 heterocycles. The molecule has 1 rings (SSSR count). The Morgan fingerprint density at radius 1 is 1.11 bits per heavy atom. The van der Waals surface area contributed by atoms with Crippen LogP contribution in [0.4, 0.5) is 0 Å². The summed E-state index contributed by atoms with van der Waals surface area (Å²) in [5.74, 6) is 1.78. The van der Waals surface area contributed by atoms with Crippen LogP contribution in [-0.4, -0.2) is 30.6 Å². The first kappa shape index (κ1) is 17.0. The first-order chi connectivity index (χ1) is 9.19. The third kappa shape index (κ3) is 6.27. The van der Waals surface area contributed by atoms with E-state index in [1.807, 2.05) is 0 Å². The highest BCUT2D eigenvalue weighted by Gasteiger charge is 2.23. The second-order valence-corrected chi connectivity index (χ2v) is 6.71. The van der Waals surface area contributed by atoms with Gasteiger partial charge in [-0.25, -0.2) is 0 Å². The van der Waals surface area contributed by atoms with Crippen molar-refractivity contribution in [3.05, 3.63) is 0 Å². The lowest BCUT2D eigenvalue weighted by molar-refractivity contribution is 0.189. The predicted octanol–water partition coefficient (Wildman–Crippen LogP) is 4.04. The topological polar surface area (TPSA) is 29.3 Å². The molecule has 1 aliphatic heterocycles. The highest BCUT2D eigenvalue weighted by atomic mass is 15.2. The van der Waals surface area contributed by atoms with Gasteiger partial charge < -0.3 is 5.73 Å². The summed E-state index contributed by atoms with van der Waals surface area (Å²) in [4.78, 5) is 2.69. The third-order valence-corrected chi connectivity index (χ3v) is 4.93. The van der Waals surface area contributed by atoms with Gasteiger partial charge in [0.05, 0.1) is 0 Å². The maximum atomic E-state index is 6.02. The Bertz CT molecular complexity index is 215. The van der Waals surface area contributed by atoms with Gasteiger partial charge in [0.15, 0.2) is 0 Å². The fourth-order valence-corrected chi connectivity index (χ4v) is 3.43. The van der Waals surface area contributed by atoms with E-state index >= 15 is 0 Å². The smallest absolute Gasteiger partial charge is 0.0218 e. The molecule has 2 atom stereocenters. The van der Waals surface area contributed by atoms with Crippen molar-refractivity contribution < 1.29 is 0 Å². The van der Waals surface area contributed by atoms with Crippen LogP contribution in [0, 0.1) is 11.8 Å². The third-order valence-electron chi connectivity index (χ3n) is 4.93. The van der Waals surface area contributed by atoms with Gasteiger partial charge in [-0.1, -0.05) is 46.5 Å². The number of rotatable bonds is 8. The number of hydrogen-bond donors (Lipinski definition) is 1. The van der Waals surface area contributed by atoms with Gasteiger partial charge in [0, 0.05) is 12.6 Å². The van der Waals surface area contributed by atoms with Gasteiger partial charge in [0.1, 0.15) is 0 Å². The molecule has 0 spiro atoms. The molecule has 0 radical (unpaired) electrons. The van der Waals surface area contributed by atoms with Crippen LogP contribution in [0.1, 0.15) is 72.1 Å². The van der Waals surface area contributed by atoms with Crippen LogP contribution in [0.2, 0.25) is 0 Å². The summed E-state index contributed by atoms with van der Waals surface area (Å²) < 4.78 is 0. The monoisotopic (exact) mass is 268 g/mol. The number of nitrogens with zero attached hydrogens (tertiary/aromatic N) is 1. The molecule has 2 nitrogen and oxygen atoms in total. The van der Waals surface area contributed by atoms with Crippen molar-refractivity contribution in [3.63, 3.8) is 0 Å². The second-order valence-electron chi connectivity index (χ2n) is 6.71. The van der Waals surface area contributed by atoms with E-state index in [1.54, 1.807) is 0 Å². The van der Waals surface area contributed by atoms with Crippen LogP contribution in [0.25, 0.3) is 0 Å². The van der Waals surface area contributed by atoms with Crippen molar-refractivity contribution in [1.82, 2.24) is 4.90 Å². The summed E-state index contributed by atoms with van der Waals surface area (Å²) in [7, 11) is 0. The molecule has 0 bridgehead atoms. The van der Waals surface area contributed by atoms with Crippen LogP contribution in [0.15, 0.2) is 0 Å². The number of nitrogens with two attached hydrogens (primary N) is 1. The van der Waals surface area contributed by atoms with Crippen LogP contribution in [-0.2, 0) is 0 Å². The van der Waals surface area contributed by atoms with E-state index in [1.165, 1.54) is 64.5 Å². The lowest BCUT2D eigenvalue weighted by atomic mass is 9.89. The first-order valence-corrected chi connectivity index (χ1v) is 8.63. The van der Waals surface area contributed by atoms with Gasteiger partial charge >= 0.3 is 0 Å². The highest BCUT2D eigenvalue weighted by molar-refractivity contribution is 4.78. The molecule has 19 heavy (non-hydrogen) atoms. The van der Waals surface area contributed by atoms with Gasteiger partial charge in [-0.2, -0.15) is 0 Å². The van der Waals surface area contributed by atoms with Crippen molar-refractivity contribution in [3.8, 4) is 0 Å². The standard InChI is InChI=1S/C17H36N2/c1-4-5-6-7-10-17(14-18)19-12-8-9-16(11-13-19)15(2)3/h15-17H,4-14,18H2,1-3H3. The first-order valence-electron chi connectivity index (χ1n) is 8.63. The molecule has 1 aliphatic rings. The van der Waals surface area contributed by atoms with E-state index in [0.29, 0.717) is 6.04 Å². The maximum Gasteiger partial charge on any atom is 0.0218 e. The molecular formula is C17H36N2. The quantitative estimate of drug-likeness (QED) is 0.673. The molecule has 0 saturated carbocycles. The molecule has 114 valence electrons. The van der Waals surface area contributed by atoms with E-state index in [2.05, 4.69) is 25.7 Å². The fraction of sp³-hybridized carbons (Fsp3) is 1.00. The van der Waals surface area contributed by atoms with Crippen molar-refractivity contribution in [2.75, 3.05) is 19.6 Å². The Morgan fingerprint density at radius 2 is 1.89 bits per heavy atom. The zero-order chi connectivity index (χ0) is 14.1. The summed E-state index contributed by atoms with van der Waals surface area (Å²) in [5, 5.41) is 0. The van der Waals surface area contributed by atoms with Gasteiger partial charge in [-0.3, -0.25) is 4.90 Å². The molecule has 1 saturated heterocycles. The van der Waals surface area contributed by atoms with Crippen LogP contribution < -0.4 is 5.73 Å². The summed E-state index contributed by atoms with van der Waals surface area (Å²) in [6, 6.07) is 0.641. The van der Waals surface area contributed by atoms with E-state index in [4.69, 9.17) is 5.73 Å². The summed E-state index contributed by atoms with van der Waals surface area (Å²) in [6.45, 7) is 10.4. The Hall–Kier alpha value is -0.0800. The van der Waals surface area contributed by atoms with Gasteiger partial charge in [0.2, 0.25) is 0 Å². The Morgan fingerprint density at radius 3 is 2.53 bits per heavy atom. The van der Waals surface area contributed by atoms with E-state index in [-0.39, 0.29) is 0 Å². The zero-order valence-electron chi connectivity index (χ0n) is 13.5. The minimum atomic E-state index is 0.641. The number of hydrogen-bond acceptors (Lipinski definition) is 2. The average Bonchev–Trinajstić information content (AvgIpc) is 2.65. The van der Waals surface area contributed by atoms with Gasteiger partial charge in [0.25, 0.3) is 0 Å². The van der Waals surface area contributed by atoms with Crippen LogP contribution in [0.5, 0.6) is 0 Å².